The standard InChI is InChI=1S/C48H80O18/c1-22(2)10-9-14-48(8,66-43-40(60)37(57)34(54)27(64-43)21-61-41-38(58)35(55)32(52)25(19-49)62-41)23-11-16-47(7)31(23)24(51)18-29-45(5)15-13-30(44(3,4)28(45)12-17-46(29,47)6)65-42-39(59)36(56)33(53)26(20-50)63-42/h10,23,25-43,49-50,52-60H,9,11-21H2,1-8H3/t23?,25-,26+,27-,28?,29?,30+,31?,32-,33+,34-,35+,36-,37+,38-,39+,40-,41-,42-,43+,45+,46-,47-,48?/m1/s1. The first-order valence-corrected chi connectivity index (χ1v) is 24.2. The average Bonchev–Trinajstić information content (AvgIpc) is 3.65. The zero-order chi connectivity index (χ0) is 48.6. The van der Waals surface area contributed by atoms with Crippen LogP contribution in [-0.2, 0) is 33.2 Å². The Bertz CT molecular complexity index is 1720. The van der Waals surface area contributed by atoms with E-state index < -0.39 is 134 Å². The maximum Gasteiger partial charge on any atom is 0.187 e. The molecule has 7 fully saturated rings. The van der Waals surface area contributed by atoms with Gasteiger partial charge in [-0.2, -0.15) is 0 Å². The van der Waals surface area contributed by atoms with E-state index in [9.17, 15) is 56.2 Å². The molecule has 18 heteroatoms. The van der Waals surface area contributed by atoms with Gasteiger partial charge in [-0.1, -0.05) is 46.3 Å². The van der Waals surface area contributed by atoms with Crippen molar-refractivity contribution in [1.29, 1.82) is 0 Å². The van der Waals surface area contributed by atoms with E-state index in [1.807, 2.05) is 20.8 Å². The number of hydrogen-bond acceptors (Lipinski definition) is 18. The van der Waals surface area contributed by atoms with E-state index in [-0.39, 0.29) is 40.5 Å². The van der Waals surface area contributed by atoms with Crippen LogP contribution in [0.5, 0.6) is 0 Å². The van der Waals surface area contributed by atoms with E-state index in [0.29, 0.717) is 32.1 Å². The second-order valence-electron chi connectivity index (χ2n) is 22.8. The molecule has 0 aromatic carbocycles. The summed E-state index contributed by atoms with van der Waals surface area (Å²) >= 11 is 0. The van der Waals surface area contributed by atoms with Gasteiger partial charge in [0.2, 0.25) is 0 Å². The maximum absolute atomic E-state index is 15.2. The van der Waals surface area contributed by atoms with Crippen LogP contribution in [-0.4, -0.2) is 186 Å². The van der Waals surface area contributed by atoms with Gasteiger partial charge in [-0.15, -0.1) is 0 Å². The fourth-order valence-electron chi connectivity index (χ4n) is 14.5. The van der Waals surface area contributed by atoms with Crippen LogP contribution in [0.3, 0.4) is 0 Å². The summed E-state index contributed by atoms with van der Waals surface area (Å²) < 4.78 is 36.5. The van der Waals surface area contributed by atoms with Crippen molar-refractivity contribution < 1.29 is 89.4 Å². The molecule has 24 atom stereocenters. The molecule has 11 N–H and O–H groups in total. The molecule has 7 rings (SSSR count). The van der Waals surface area contributed by atoms with Crippen LogP contribution in [0.4, 0.5) is 0 Å². The van der Waals surface area contributed by atoms with Crippen molar-refractivity contribution in [2.24, 2.45) is 45.3 Å². The molecular weight excluding hydrogens is 865 g/mol. The molecule has 5 unspecified atom stereocenters. The molecule has 0 radical (unpaired) electrons. The Balaban J connectivity index is 1.11. The number of ketones is 1. The molecule has 4 aliphatic carbocycles. The Labute approximate surface area is 388 Å². The second kappa shape index (κ2) is 19.4. The van der Waals surface area contributed by atoms with Crippen LogP contribution < -0.4 is 0 Å². The van der Waals surface area contributed by atoms with E-state index >= 15 is 4.79 Å². The van der Waals surface area contributed by atoms with Crippen molar-refractivity contribution in [3.05, 3.63) is 11.6 Å². The number of allylic oxidation sites excluding steroid dienone is 2. The van der Waals surface area contributed by atoms with Gasteiger partial charge in [0.05, 0.1) is 31.5 Å². The number of rotatable bonds is 13. The van der Waals surface area contributed by atoms with E-state index in [1.54, 1.807) is 0 Å². The van der Waals surface area contributed by atoms with Crippen LogP contribution in [0.25, 0.3) is 0 Å². The summed E-state index contributed by atoms with van der Waals surface area (Å²) in [7, 11) is 0. The minimum absolute atomic E-state index is 0.0335. The molecule has 0 aromatic rings. The van der Waals surface area contributed by atoms with Gasteiger partial charge in [0.1, 0.15) is 79.0 Å². The van der Waals surface area contributed by atoms with Gasteiger partial charge in [0.25, 0.3) is 0 Å². The Hall–Kier alpha value is -1.27. The van der Waals surface area contributed by atoms with Gasteiger partial charge in [-0.3, -0.25) is 4.79 Å². The quantitative estimate of drug-likeness (QED) is 0.0867. The third-order valence-corrected chi connectivity index (χ3v) is 18.6. The highest BCUT2D eigenvalue weighted by Gasteiger charge is 2.72. The number of aliphatic hydroxyl groups excluding tert-OH is 11. The molecule has 7 aliphatic rings. The van der Waals surface area contributed by atoms with Gasteiger partial charge >= 0.3 is 0 Å². The lowest BCUT2D eigenvalue weighted by molar-refractivity contribution is -0.348. The van der Waals surface area contributed by atoms with Crippen LogP contribution in [0, 0.1) is 45.3 Å². The number of carbonyl (C=O) groups excluding carboxylic acids is 1. The van der Waals surface area contributed by atoms with Gasteiger partial charge in [0, 0.05) is 12.3 Å². The molecule has 0 spiro atoms. The van der Waals surface area contributed by atoms with E-state index in [4.69, 9.17) is 28.4 Å². The van der Waals surface area contributed by atoms with Gasteiger partial charge in [-0.25, -0.2) is 0 Å². The molecule has 18 nitrogen and oxygen atoms in total. The summed E-state index contributed by atoms with van der Waals surface area (Å²) in [5.74, 6) is -0.405. The predicted molar refractivity (Wildman–Crippen MR) is 233 cm³/mol. The Morgan fingerprint density at radius 1 is 0.667 bits per heavy atom. The highest BCUT2D eigenvalue weighted by atomic mass is 16.7. The highest BCUT2D eigenvalue weighted by Crippen LogP contribution is 2.75. The van der Waals surface area contributed by atoms with E-state index in [2.05, 4.69) is 40.7 Å². The number of aliphatic hydroxyl groups is 11. The van der Waals surface area contributed by atoms with Crippen molar-refractivity contribution in [3.8, 4) is 0 Å². The molecular formula is C48H80O18. The molecule has 3 saturated heterocycles. The largest absolute Gasteiger partial charge is 0.394 e. The monoisotopic (exact) mass is 945 g/mol. The third kappa shape index (κ3) is 8.81. The minimum atomic E-state index is -1.74. The zero-order valence-electron chi connectivity index (χ0n) is 39.9. The van der Waals surface area contributed by atoms with Crippen molar-refractivity contribution in [1.82, 2.24) is 0 Å². The van der Waals surface area contributed by atoms with Crippen LogP contribution in [0.15, 0.2) is 11.6 Å². The third-order valence-electron chi connectivity index (χ3n) is 18.6. The molecule has 3 heterocycles. The molecule has 4 saturated carbocycles. The van der Waals surface area contributed by atoms with Crippen molar-refractivity contribution in [2.45, 2.75) is 217 Å². The van der Waals surface area contributed by atoms with Gasteiger partial charge in [-0.05, 0) is 112 Å². The fourth-order valence-corrected chi connectivity index (χ4v) is 14.5. The van der Waals surface area contributed by atoms with Crippen molar-refractivity contribution >= 4 is 5.78 Å². The summed E-state index contributed by atoms with van der Waals surface area (Å²) in [6, 6.07) is 0. The molecule has 0 amide bonds. The van der Waals surface area contributed by atoms with Crippen LogP contribution >= 0.6 is 0 Å². The summed E-state index contributed by atoms with van der Waals surface area (Å²) in [5, 5.41) is 116. The topological polar surface area (TPSA) is 295 Å². The van der Waals surface area contributed by atoms with E-state index in [0.717, 1.165) is 31.3 Å². The van der Waals surface area contributed by atoms with Crippen molar-refractivity contribution in [3.63, 3.8) is 0 Å². The van der Waals surface area contributed by atoms with E-state index in [1.165, 1.54) is 0 Å². The molecule has 3 aliphatic heterocycles. The van der Waals surface area contributed by atoms with Gasteiger partial charge in [0.15, 0.2) is 18.9 Å². The lowest BCUT2D eigenvalue weighted by Crippen LogP contribution is -2.67. The molecule has 0 aromatic heterocycles. The summed E-state index contributed by atoms with van der Waals surface area (Å²) in [5.41, 5.74) is -1.39. The first kappa shape index (κ1) is 52.6. The number of fused-ring (bicyclic) bond motifs is 5. The second-order valence-corrected chi connectivity index (χ2v) is 22.8. The Kier molecular flexibility index (Phi) is 15.4. The molecule has 0 bridgehead atoms. The Morgan fingerprint density at radius 2 is 1.20 bits per heavy atom. The molecule has 66 heavy (non-hydrogen) atoms. The fraction of sp³-hybridized carbons (Fsp3) is 0.938. The summed E-state index contributed by atoms with van der Waals surface area (Å²) in [4.78, 5) is 15.2. The van der Waals surface area contributed by atoms with Crippen molar-refractivity contribution in [2.75, 3.05) is 19.8 Å². The van der Waals surface area contributed by atoms with Gasteiger partial charge < -0.3 is 84.6 Å². The SMILES string of the molecule is CC(C)=CCCC(C)(O[C@@H]1O[C@H](CO[C@@H]2O[C@H](CO)[C@@H](O)[C@H](O)[C@H]2O)[C@@H](O)[C@H](O)[C@H]1O)C1CC[C@]2(C)C1C(=O)CC1[C@@]3(C)CC[C@H](O[C@H]4O[C@@H](CO)[C@H](O)[C@@H](O)[C@@H]4O)C(C)(C)C3CC[C@]12C. The lowest BCUT2D eigenvalue weighted by Gasteiger charge is -2.69. The normalized spacial score (nSPS) is 51.3. The van der Waals surface area contributed by atoms with Crippen LogP contribution in [0.1, 0.15) is 113 Å². The zero-order valence-corrected chi connectivity index (χ0v) is 39.9. The minimum Gasteiger partial charge on any atom is -0.394 e. The summed E-state index contributed by atoms with van der Waals surface area (Å²) in [6.07, 6.45) is -15.0. The van der Waals surface area contributed by atoms with Crippen LogP contribution in [0.2, 0.25) is 0 Å². The first-order chi connectivity index (χ1) is 30.8. The highest BCUT2D eigenvalue weighted by molar-refractivity contribution is 5.84. The maximum atomic E-state index is 15.2. The smallest absolute Gasteiger partial charge is 0.187 e. The molecule has 380 valence electrons. The number of Topliss-reactive ketones (excluding diaryl/α,β-unsaturated/α-hetero) is 1. The first-order valence-electron chi connectivity index (χ1n) is 24.2. The summed E-state index contributed by atoms with van der Waals surface area (Å²) in [6.45, 7) is 15.5. The Morgan fingerprint density at radius 3 is 1.79 bits per heavy atom. The average molecular weight is 945 g/mol. The lowest BCUT2D eigenvalue weighted by atomic mass is 9.35. The predicted octanol–water partition coefficient (Wildman–Crippen LogP) is 0.181. The number of hydrogen-bond donors (Lipinski definition) is 11. The number of carbonyl (C=O) groups is 1. The number of ether oxygens (including phenoxy) is 6.